The minimum absolute atomic E-state index is 0. The van der Waals surface area contributed by atoms with Crippen LogP contribution in [0, 0.1) is 0 Å². The number of benzene rings is 7. The Morgan fingerprint density at radius 1 is 0.556 bits per heavy atom. The minimum atomic E-state index is 0. The Hall–Kier alpha value is -4.98. The molecule has 0 spiro atoms. The van der Waals surface area contributed by atoms with Crippen molar-refractivity contribution >= 4 is 64.8 Å². The second-order valence-corrected chi connectivity index (χ2v) is 12.2. The standard InChI is InChI=1S/C40H24N2OS.Li/c43-39-33(19-18-25-8-6-22-41-38(25)39)37-29-9-2-1-7-27(29)23-34-30-11-5-10-28(31(30)20-21-32(34)37)24-14-16-26(17-15-24)40-42-35-12-3-4-13-36(35)44-40;/h1-23,43H;/q;+1. The van der Waals surface area contributed by atoms with Crippen LogP contribution >= 0.6 is 11.3 Å². The van der Waals surface area contributed by atoms with Gasteiger partial charge in [-0.15, -0.1) is 11.3 Å². The number of nitrogens with zero attached hydrogens (tertiary/aromatic N) is 1. The Bertz CT molecular complexity index is 2540. The predicted molar refractivity (Wildman–Crippen MR) is 182 cm³/mol. The molecule has 2 aromatic heterocycles. The zero-order chi connectivity index (χ0) is 29.2. The molecule has 0 aliphatic carbocycles. The SMILES string of the molecule is [Li+].[O-]c1c(-c2c3ccccc3cc3c2ccc2c(-c4ccc(-c5nc6ccccc6s5)cc4)cccc23)ccc2ccc[nH+]c12. The fraction of sp³-hybridized carbons (Fsp3) is 0. The van der Waals surface area contributed by atoms with Crippen molar-refractivity contribution in [1.29, 1.82) is 0 Å². The van der Waals surface area contributed by atoms with E-state index in [9.17, 15) is 5.11 Å². The van der Waals surface area contributed by atoms with Gasteiger partial charge < -0.3 is 5.11 Å². The van der Waals surface area contributed by atoms with Gasteiger partial charge >= 0.3 is 18.9 Å². The van der Waals surface area contributed by atoms with Gasteiger partial charge in [-0.05, 0) is 90.7 Å². The normalized spacial score (nSPS) is 11.5. The van der Waals surface area contributed by atoms with Crippen LogP contribution in [0.1, 0.15) is 0 Å². The largest absolute Gasteiger partial charge is 1.00 e. The molecule has 9 aromatic rings. The number of hydrogen-bond donors (Lipinski definition) is 0. The molecule has 0 radical (unpaired) electrons. The molecule has 0 saturated carbocycles. The summed E-state index contributed by atoms with van der Waals surface area (Å²) in [5.41, 5.74) is 6.82. The first-order valence-corrected chi connectivity index (χ1v) is 15.5. The van der Waals surface area contributed by atoms with Crippen LogP contribution in [0.3, 0.4) is 0 Å². The molecule has 206 valence electrons. The summed E-state index contributed by atoms with van der Waals surface area (Å²) < 4.78 is 1.20. The summed E-state index contributed by atoms with van der Waals surface area (Å²) in [5, 5.41) is 22.6. The number of para-hydroxylation sites is 1. The van der Waals surface area contributed by atoms with Crippen molar-refractivity contribution < 1.29 is 29.0 Å². The number of aromatic nitrogens is 2. The quantitative estimate of drug-likeness (QED) is 0.130. The molecule has 0 bridgehead atoms. The van der Waals surface area contributed by atoms with Crippen molar-refractivity contribution in [3.63, 3.8) is 0 Å². The second kappa shape index (κ2) is 10.9. The molecule has 0 fully saturated rings. The summed E-state index contributed by atoms with van der Waals surface area (Å²) >= 11 is 1.72. The summed E-state index contributed by atoms with van der Waals surface area (Å²) in [6.45, 7) is 0. The van der Waals surface area contributed by atoms with Crippen molar-refractivity contribution in [2.24, 2.45) is 0 Å². The van der Waals surface area contributed by atoms with E-state index in [0.717, 1.165) is 54.1 Å². The average Bonchev–Trinajstić information content (AvgIpc) is 3.52. The Labute approximate surface area is 275 Å². The summed E-state index contributed by atoms with van der Waals surface area (Å²) in [7, 11) is 0. The van der Waals surface area contributed by atoms with E-state index in [-0.39, 0.29) is 24.6 Å². The summed E-state index contributed by atoms with van der Waals surface area (Å²) in [6, 6.07) is 46.5. The number of thiazole rings is 1. The molecular formula is C40H24LiN2OS+. The van der Waals surface area contributed by atoms with E-state index in [1.54, 1.807) is 11.3 Å². The molecule has 3 nitrogen and oxygen atoms in total. The van der Waals surface area contributed by atoms with E-state index in [2.05, 4.69) is 102 Å². The molecule has 0 aliphatic rings. The van der Waals surface area contributed by atoms with Gasteiger partial charge in [-0.2, -0.15) is 0 Å². The monoisotopic (exact) mass is 587 g/mol. The molecule has 0 unspecified atom stereocenters. The van der Waals surface area contributed by atoms with E-state index in [4.69, 9.17) is 4.98 Å². The smallest absolute Gasteiger partial charge is 0.868 e. The van der Waals surface area contributed by atoms with Gasteiger partial charge in [-0.3, -0.25) is 0 Å². The summed E-state index contributed by atoms with van der Waals surface area (Å²) in [6.07, 6.45) is 1.81. The van der Waals surface area contributed by atoms with Crippen molar-refractivity contribution in [3.8, 4) is 38.6 Å². The first kappa shape index (κ1) is 27.6. The van der Waals surface area contributed by atoms with Crippen LogP contribution < -0.4 is 29.0 Å². The number of H-pyrrole nitrogens is 1. The van der Waals surface area contributed by atoms with Crippen LogP contribution in [0.25, 0.3) is 86.3 Å². The van der Waals surface area contributed by atoms with Gasteiger partial charge in [0.25, 0.3) is 0 Å². The Kier molecular flexibility index (Phi) is 6.66. The molecule has 45 heavy (non-hydrogen) atoms. The first-order chi connectivity index (χ1) is 21.7. The van der Waals surface area contributed by atoms with Crippen LogP contribution in [-0.4, -0.2) is 4.98 Å². The maximum atomic E-state index is 13.9. The minimum Gasteiger partial charge on any atom is -0.868 e. The number of fused-ring (bicyclic) bond motifs is 6. The van der Waals surface area contributed by atoms with Crippen molar-refractivity contribution in [1.82, 2.24) is 4.98 Å². The molecule has 0 aliphatic heterocycles. The van der Waals surface area contributed by atoms with E-state index in [1.165, 1.54) is 21.0 Å². The third kappa shape index (κ3) is 4.42. The molecule has 0 saturated heterocycles. The molecule has 2 heterocycles. The summed E-state index contributed by atoms with van der Waals surface area (Å²) in [5.74, 6) is 0.0165. The molecule has 5 heteroatoms. The third-order valence-electron chi connectivity index (χ3n) is 8.70. The van der Waals surface area contributed by atoms with Gasteiger partial charge in [0, 0.05) is 17.0 Å². The van der Waals surface area contributed by atoms with Gasteiger partial charge in [0.05, 0.1) is 10.2 Å². The van der Waals surface area contributed by atoms with Crippen LogP contribution in [0.4, 0.5) is 0 Å². The Morgan fingerprint density at radius 2 is 1.31 bits per heavy atom. The maximum Gasteiger partial charge on any atom is 1.00 e. The van der Waals surface area contributed by atoms with E-state index in [0.29, 0.717) is 11.1 Å². The van der Waals surface area contributed by atoms with Gasteiger partial charge in [-0.1, -0.05) is 97.1 Å². The number of pyridine rings is 1. The van der Waals surface area contributed by atoms with Crippen LogP contribution in [-0.2, 0) is 0 Å². The fourth-order valence-electron chi connectivity index (χ4n) is 6.60. The molecule has 0 amide bonds. The molecule has 1 N–H and O–H groups in total. The average molecular weight is 588 g/mol. The molecule has 9 rings (SSSR count). The predicted octanol–water partition coefficient (Wildman–Crippen LogP) is 6.80. The van der Waals surface area contributed by atoms with Gasteiger partial charge in [0.1, 0.15) is 5.01 Å². The van der Waals surface area contributed by atoms with Crippen LogP contribution in [0.2, 0.25) is 0 Å². The van der Waals surface area contributed by atoms with Gasteiger partial charge in [0.15, 0.2) is 6.20 Å². The van der Waals surface area contributed by atoms with Crippen molar-refractivity contribution in [2.45, 2.75) is 0 Å². The molecular weight excluding hydrogens is 563 g/mol. The summed E-state index contributed by atoms with van der Waals surface area (Å²) in [4.78, 5) is 8.03. The van der Waals surface area contributed by atoms with Gasteiger partial charge in [0.2, 0.25) is 5.52 Å². The molecule has 0 atom stereocenters. The van der Waals surface area contributed by atoms with E-state index >= 15 is 0 Å². The fourth-order valence-corrected chi connectivity index (χ4v) is 7.57. The molecule has 7 aromatic carbocycles. The zero-order valence-electron chi connectivity index (χ0n) is 24.5. The van der Waals surface area contributed by atoms with E-state index < -0.39 is 0 Å². The van der Waals surface area contributed by atoms with Crippen molar-refractivity contribution in [2.75, 3.05) is 0 Å². The van der Waals surface area contributed by atoms with Crippen LogP contribution in [0.5, 0.6) is 5.75 Å². The topological polar surface area (TPSA) is 50.1 Å². The van der Waals surface area contributed by atoms with Gasteiger partial charge in [-0.25, -0.2) is 9.97 Å². The number of rotatable bonds is 3. The number of aromatic amines is 1. The number of hydrogen-bond acceptors (Lipinski definition) is 3. The van der Waals surface area contributed by atoms with Crippen molar-refractivity contribution in [3.05, 3.63) is 140 Å². The number of nitrogens with one attached hydrogen (secondary N) is 1. The maximum absolute atomic E-state index is 13.9. The second-order valence-electron chi connectivity index (χ2n) is 11.2. The Morgan fingerprint density at radius 3 is 2.20 bits per heavy atom. The zero-order valence-corrected chi connectivity index (χ0v) is 25.4. The van der Waals surface area contributed by atoms with E-state index in [1.807, 2.05) is 42.6 Å². The third-order valence-corrected chi connectivity index (χ3v) is 9.78. The first-order valence-electron chi connectivity index (χ1n) is 14.7. The Balaban J connectivity index is 0.00000300. The van der Waals surface area contributed by atoms with Crippen LogP contribution in [0.15, 0.2) is 140 Å².